The van der Waals surface area contributed by atoms with Gasteiger partial charge in [-0.2, -0.15) is 0 Å². The van der Waals surface area contributed by atoms with Crippen molar-refractivity contribution in [2.75, 3.05) is 0 Å². The van der Waals surface area contributed by atoms with E-state index in [1.165, 1.54) is 25.3 Å². The Morgan fingerprint density at radius 2 is 2.00 bits per heavy atom. The van der Waals surface area contributed by atoms with Crippen molar-refractivity contribution < 1.29 is 18.4 Å². The highest BCUT2D eigenvalue weighted by Crippen LogP contribution is 2.10. The van der Waals surface area contributed by atoms with Gasteiger partial charge >= 0.3 is 0 Å². The van der Waals surface area contributed by atoms with E-state index in [-0.39, 0.29) is 23.6 Å². The van der Waals surface area contributed by atoms with Gasteiger partial charge in [0, 0.05) is 29.9 Å². The largest absolute Gasteiger partial charge is 0.356 e. The molecule has 0 radical (unpaired) electrons. The molecule has 2 N–H and O–H groups in total. The molecule has 104 valence electrons. The third kappa shape index (κ3) is 3.09. The Bertz CT molecular complexity index is 665. The zero-order valence-corrected chi connectivity index (χ0v) is 10.7. The Hall–Kier alpha value is -2.50. The Labute approximate surface area is 113 Å². The van der Waals surface area contributed by atoms with Gasteiger partial charge in [0.15, 0.2) is 5.78 Å². The van der Waals surface area contributed by atoms with Crippen LogP contribution in [0.3, 0.4) is 0 Å². The van der Waals surface area contributed by atoms with Gasteiger partial charge in [0.25, 0.3) is 5.91 Å². The number of aromatic nitrogens is 1. The number of amides is 1. The molecule has 0 unspecified atom stereocenters. The molecule has 1 aromatic carbocycles. The van der Waals surface area contributed by atoms with E-state index in [2.05, 4.69) is 10.3 Å². The highest BCUT2D eigenvalue weighted by molar-refractivity contribution is 5.99. The van der Waals surface area contributed by atoms with Crippen molar-refractivity contribution >= 4 is 11.7 Å². The molecule has 0 aliphatic carbocycles. The SMILES string of the molecule is CC(=O)c1c[nH]c(C(=O)NCc2ccc(F)cc2F)c1. The zero-order chi connectivity index (χ0) is 14.7. The van der Waals surface area contributed by atoms with Crippen LogP contribution in [0, 0.1) is 11.6 Å². The Morgan fingerprint density at radius 1 is 1.25 bits per heavy atom. The first kappa shape index (κ1) is 13.9. The van der Waals surface area contributed by atoms with Gasteiger partial charge in [-0.05, 0) is 19.1 Å². The van der Waals surface area contributed by atoms with Crippen LogP contribution in [0.5, 0.6) is 0 Å². The third-order valence-corrected chi connectivity index (χ3v) is 2.79. The Kier molecular flexibility index (Phi) is 3.93. The number of rotatable bonds is 4. The van der Waals surface area contributed by atoms with Gasteiger partial charge in [-0.15, -0.1) is 0 Å². The molecule has 6 heteroatoms. The first-order chi connectivity index (χ1) is 9.47. The maximum atomic E-state index is 13.4. The van der Waals surface area contributed by atoms with Crippen LogP contribution < -0.4 is 5.32 Å². The maximum Gasteiger partial charge on any atom is 0.267 e. The molecule has 1 aromatic heterocycles. The molecule has 2 aromatic rings. The second kappa shape index (κ2) is 5.64. The number of H-pyrrole nitrogens is 1. The summed E-state index contributed by atoms with van der Waals surface area (Å²) < 4.78 is 26.1. The predicted octanol–water partition coefficient (Wildman–Crippen LogP) is 2.43. The van der Waals surface area contributed by atoms with Gasteiger partial charge in [-0.25, -0.2) is 8.78 Å². The molecular formula is C14H12F2N2O2. The predicted molar refractivity (Wildman–Crippen MR) is 68.3 cm³/mol. The van der Waals surface area contributed by atoms with Crippen molar-refractivity contribution in [1.29, 1.82) is 0 Å². The Morgan fingerprint density at radius 3 is 2.60 bits per heavy atom. The number of halogens is 2. The molecule has 1 heterocycles. The van der Waals surface area contributed by atoms with E-state index >= 15 is 0 Å². The summed E-state index contributed by atoms with van der Waals surface area (Å²) in [6.45, 7) is 1.32. The standard InChI is InChI=1S/C14H12F2N2O2/c1-8(19)10-4-13(17-7-10)14(20)18-6-9-2-3-11(15)5-12(9)16/h2-5,7,17H,6H2,1H3,(H,18,20). The number of Topliss-reactive ketones (excluding diaryl/α,β-unsaturated/α-hetero) is 1. The molecule has 0 atom stereocenters. The van der Waals surface area contributed by atoms with E-state index in [0.29, 0.717) is 5.56 Å². The molecule has 4 nitrogen and oxygen atoms in total. The summed E-state index contributed by atoms with van der Waals surface area (Å²) in [5.41, 5.74) is 0.777. The van der Waals surface area contributed by atoms with Crippen LogP contribution in [-0.2, 0) is 6.54 Å². The molecule has 0 aliphatic heterocycles. The smallest absolute Gasteiger partial charge is 0.267 e. The van der Waals surface area contributed by atoms with Crippen molar-refractivity contribution in [3.63, 3.8) is 0 Å². The van der Waals surface area contributed by atoms with Gasteiger partial charge in [0.05, 0.1) is 0 Å². The number of carbonyl (C=O) groups excluding carboxylic acids is 2. The molecule has 0 saturated carbocycles. The second-order valence-corrected chi connectivity index (χ2v) is 4.28. The van der Waals surface area contributed by atoms with Crippen LogP contribution in [-0.4, -0.2) is 16.7 Å². The highest BCUT2D eigenvalue weighted by Gasteiger charge is 2.11. The van der Waals surface area contributed by atoms with E-state index < -0.39 is 17.5 Å². The van der Waals surface area contributed by atoms with Crippen LogP contribution in [0.2, 0.25) is 0 Å². The summed E-state index contributed by atoms with van der Waals surface area (Å²) in [4.78, 5) is 25.5. The van der Waals surface area contributed by atoms with Crippen LogP contribution >= 0.6 is 0 Å². The molecular weight excluding hydrogens is 266 g/mol. The lowest BCUT2D eigenvalue weighted by Gasteiger charge is -2.05. The topological polar surface area (TPSA) is 62.0 Å². The first-order valence-corrected chi connectivity index (χ1v) is 5.89. The average molecular weight is 278 g/mol. The fourth-order valence-corrected chi connectivity index (χ4v) is 1.66. The lowest BCUT2D eigenvalue weighted by Crippen LogP contribution is -2.23. The van der Waals surface area contributed by atoms with Crippen LogP contribution in [0.25, 0.3) is 0 Å². The molecule has 0 bridgehead atoms. The number of aromatic amines is 1. The lowest BCUT2D eigenvalue weighted by molar-refractivity contribution is 0.0946. The molecule has 0 saturated heterocycles. The maximum absolute atomic E-state index is 13.4. The van der Waals surface area contributed by atoms with Crippen molar-refractivity contribution in [1.82, 2.24) is 10.3 Å². The van der Waals surface area contributed by atoms with E-state index in [1.54, 1.807) is 0 Å². The molecule has 2 rings (SSSR count). The minimum atomic E-state index is -0.721. The third-order valence-electron chi connectivity index (χ3n) is 2.79. The van der Waals surface area contributed by atoms with Gasteiger partial charge < -0.3 is 10.3 Å². The number of hydrogen-bond donors (Lipinski definition) is 2. The first-order valence-electron chi connectivity index (χ1n) is 5.89. The van der Waals surface area contributed by atoms with Crippen molar-refractivity contribution in [2.45, 2.75) is 13.5 Å². The summed E-state index contributed by atoms with van der Waals surface area (Å²) in [5, 5.41) is 2.48. The number of carbonyl (C=O) groups is 2. The van der Waals surface area contributed by atoms with Gasteiger partial charge in [0.2, 0.25) is 0 Å². The van der Waals surface area contributed by atoms with Crippen molar-refractivity contribution in [3.05, 3.63) is 58.9 Å². The normalized spacial score (nSPS) is 10.3. The number of ketones is 1. The van der Waals surface area contributed by atoms with E-state index in [4.69, 9.17) is 0 Å². The quantitative estimate of drug-likeness (QED) is 0.844. The van der Waals surface area contributed by atoms with E-state index in [9.17, 15) is 18.4 Å². The summed E-state index contributed by atoms with van der Waals surface area (Å²) in [6, 6.07) is 4.55. The fourth-order valence-electron chi connectivity index (χ4n) is 1.66. The number of nitrogens with one attached hydrogen (secondary N) is 2. The second-order valence-electron chi connectivity index (χ2n) is 4.28. The summed E-state index contributed by atoms with van der Waals surface area (Å²) in [5.74, 6) is -2.03. The van der Waals surface area contributed by atoms with Crippen molar-refractivity contribution in [3.8, 4) is 0 Å². The minimum Gasteiger partial charge on any atom is -0.356 e. The summed E-state index contributed by atoms with van der Waals surface area (Å²) in [7, 11) is 0. The van der Waals surface area contributed by atoms with E-state index in [0.717, 1.165) is 12.1 Å². The molecule has 0 fully saturated rings. The summed E-state index contributed by atoms with van der Waals surface area (Å²) >= 11 is 0. The van der Waals surface area contributed by atoms with Gasteiger partial charge in [-0.1, -0.05) is 6.07 Å². The molecule has 1 amide bonds. The Balaban J connectivity index is 2.02. The van der Waals surface area contributed by atoms with Crippen molar-refractivity contribution in [2.24, 2.45) is 0 Å². The lowest BCUT2D eigenvalue weighted by atomic mass is 10.2. The average Bonchev–Trinajstić information content (AvgIpc) is 2.87. The van der Waals surface area contributed by atoms with Gasteiger partial charge in [0.1, 0.15) is 17.3 Å². The monoisotopic (exact) mass is 278 g/mol. The fraction of sp³-hybridized carbons (Fsp3) is 0.143. The number of hydrogen-bond acceptors (Lipinski definition) is 2. The molecule has 0 spiro atoms. The van der Waals surface area contributed by atoms with Crippen LogP contribution in [0.4, 0.5) is 8.78 Å². The molecule has 20 heavy (non-hydrogen) atoms. The highest BCUT2D eigenvalue weighted by atomic mass is 19.1. The number of benzene rings is 1. The minimum absolute atomic E-state index is 0.0701. The zero-order valence-electron chi connectivity index (χ0n) is 10.7. The summed E-state index contributed by atoms with van der Waals surface area (Å²) in [6.07, 6.45) is 1.43. The molecule has 0 aliphatic rings. The van der Waals surface area contributed by atoms with Crippen LogP contribution in [0.15, 0.2) is 30.5 Å². The van der Waals surface area contributed by atoms with E-state index in [1.807, 2.05) is 0 Å². The van der Waals surface area contributed by atoms with Crippen LogP contribution in [0.1, 0.15) is 33.3 Å². The van der Waals surface area contributed by atoms with Gasteiger partial charge in [-0.3, -0.25) is 9.59 Å².